The van der Waals surface area contributed by atoms with E-state index in [0.717, 1.165) is 19.3 Å². The topological polar surface area (TPSA) is 26.0 Å². The van der Waals surface area contributed by atoms with Crippen molar-refractivity contribution in [1.29, 1.82) is 0 Å². The smallest absolute Gasteiger partial charge is 0.0111 e. The van der Waals surface area contributed by atoms with Crippen LogP contribution < -0.4 is 5.73 Å². The molecule has 0 unspecified atom stereocenters. The number of benzene rings is 2. The monoisotopic (exact) mass is 253 g/mol. The van der Waals surface area contributed by atoms with Gasteiger partial charge in [-0.15, -0.1) is 0 Å². The van der Waals surface area contributed by atoms with Crippen LogP contribution in [0.1, 0.15) is 36.8 Å². The van der Waals surface area contributed by atoms with Crippen LogP contribution in [0, 0.1) is 0 Å². The molecule has 0 radical (unpaired) electrons. The molecule has 2 N–H and O–H groups in total. The van der Waals surface area contributed by atoms with Gasteiger partial charge in [-0.3, -0.25) is 0 Å². The molecule has 19 heavy (non-hydrogen) atoms. The fourth-order valence-corrected chi connectivity index (χ4v) is 2.67. The molecule has 100 valence electrons. The molecule has 2 aromatic rings. The van der Waals surface area contributed by atoms with Crippen LogP contribution in [0.2, 0.25) is 0 Å². The van der Waals surface area contributed by atoms with Crippen LogP contribution in [0.15, 0.2) is 60.7 Å². The molecule has 0 aliphatic rings. The molecule has 2 atom stereocenters. The van der Waals surface area contributed by atoms with E-state index in [2.05, 4.69) is 67.6 Å². The van der Waals surface area contributed by atoms with Crippen molar-refractivity contribution in [3.8, 4) is 0 Å². The summed E-state index contributed by atoms with van der Waals surface area (Å²) in [6.45, 7) is 2.22. The van der Waals surface area contributed by atoms with Crippen LogP contribution in [-0.2, 0) is 6.42 Å². The van der Waals surface area contributed by atoms with Crippen LogP contribution >= 0.6 is 0 Å². The Hall–Kier alpha value is -1.60. The lowest BCUT2D eigenvalue weighted by Crippen LogP contribution is -2.28. The molecule has 0 saturated carbocycles. The highest BCUT2D eigenvalue weighted by Crippen LogP contribution is 2.24. The standard InChI is InChI=1S/C18H23N/c1-2-17(16-11-7-4-8-12-16)18(19)14-13-15-9-5-3-6-10-15/h3-12,17-18H,2,13-14,19H2,1H3/t17-,18+/m0/s1. The van der Waals surface area contributed by atoms with E-state index in [9.17, 15) is 0 Å². The highest BCUT2D eigenvalue weighted by molar-refractivity contribution is 5.21. The minimum atomic E-state index is 0.229. The normalized spacial score (nSPS) is 14.0. The average Bonchev–Trinajstić information content (AvgIpc) is 2.48. The molecule has 0 saturated heterocycles. The summed E-state index contributed by atoms with van der Waals surface area (Å²) in [5, 5.41) is 0. The lowest BCUT2D eigenvalue weighted by Gasteiger charge is -2.23. The lowest BCUT2D eigenvalue weighted by molar-refractivity contribution is 0.488. The first-order valence-electron chi connectivity index (χ1n) is 7.15. The van der Waals surface area contributed by atoms with E-state index < -0.39 is 0 Å². The number of rotatable bonds is 6. The van der Waals surface area contributed by atoms with Gasteiger partial charge in [0.05, 0.1) is 0 Å². The van der Waals surface area contributed by atoms with Crippen molar-refractivity contribution >= 4 is 0 Å². The van der Waals surface area contributed by atoms with Crippen molar-refractivity contribution in [3.05, 3.63) is 71.8 Å². The van der Waals surface area contributed by atoms with Gasteiger partial charge in [0.15, 0.2) is 0 Å². The molecule has 0 aliphatic carbocycles. The Bertz CT molecular complexity index is 464. The summed E-state index contributed by atoms with van der Waals surface area (Å²) in [5.41, 5.74) is 9.15. The van der Waals surface area contributed by atoms with Gasteiger partial charge in [-0.2, -0.15) is 0 Å². The zero-order valence-electron chi connectivity index (χ0n) is 11.6. The Labute approximate surface area is 116 Å². The molecule has 0 aromatic heterocycles. The Morgan fingerprint density at radius 2 is 1.47 bits per heavy atom. The van der Waals surface area contributed by atoms with Gasteiger partial charge in [-0.1, -0.05) is 67.6 Å². The number of hydrogen-bond acceptors (Lipinski definition) is 1. The summed E-state index contributed by atoms with van der Waals surface area (Å²) < 4.78 is 0. The fraction of sp³-hybridized carbons (Fsp3) is 0.333. The summed E-state index contributed by atoms with van der Waals surface area (Å²) in [6.07, 6.45) is 3.20. The second-order valence-corrected chi connectivity index (χ2v) is 5.11. The van der Waals surface area contributed by atoms with Gasteiger partial charge in [0.1, 0.15) is 0 Å². The number of aryl methyl sites for hydroxylation is 1. The summed E-state index contributed by atoms with van der Waals surface area (Å²) in [7, 11) is 0. The van der Waals surface area contributed by atoms with E-state index in [1.165, 1.54) is 11.1 Å². The molecular formula is C18H23N. The molecular weight excluding hydrogens is 230 g/mol. The summed E-state index contributed by atoms with van der Waals surface area (Å²) in [5.74, 6) is 0.463. The minimum absolute atomic E-state index is 0.229. The fourth-order valence-electron chi connectivity index (χ4n) is 2.67. The molecule has 2 aromatic carbocycles. The zero-order valence-corrected chi connectivity index (χ0v) is 11.6. The first-order chi connectivity index (χ1) is 9.31. The maximum absolute atomic E-state index is 6.41. The zero-order chi connectivity index (χ0) is 13.5. The first kappa shape index (κ1) is 13.8. The third-order valence-corrected chi connectivity index (χ3v) is 3.79. The third-order valence-electron chi connectivity index (χ3n) is 3.79. The van der Waals surface area contributed by atoms with E-state index in [1.54, 1.807) is 0 Å². The largest absolute Gasteiger partial charge is 0.327 e. The van der Waals surface area contributed by atoms with E-state index in [0.29, 0.717) is 5.92 Å². The summed E-state index contributed by atoms with van der Waals surface area (Å²) in [4.78, 5) is 0. The highest BCUT2D eigenvalue weighted by atomic mass is 14.6. The third kappa shape index (κ3) is 3.93. The maximum Gasteiger partial charge on any atom is 0.0111 e. The maximum atomic E-state index is 6.41. The number of nitrogens with two attached hydrogens (primary N) is 1. The predicted octanol–water partition coefficient (Wildman–Crippen LogP) is 4.14. The van der Waals surface area contributed by atoms with Gasteiger partial charge < -0.3 is 5.73 Å². The highest BCUT2D eigenvalue weighted by Gasteiger charge is 2.17. The van der Waals surface area contributed by atoms with Crippen LogP contribution in [0.5, 0.6) is 0 Å². The molecule has 2 rings (SSSR count). The Morgan fingerprint density at radius 1 is 0.895 bits per heavy atom. The van der Waals surface area contributed by atoms with Crippen molar-refractivity contribution in [2.24, 2.45) is 5.73 Å². The van der Waals surface area contributed by atoms with Crippen LogP contribution in [0.25, 0.3) is 0 Å². The Morgan fingerprint density at radius 3 is 2.05 bits per heavy atom. The van der Waals surface area contributed by atoms with Crippen molar-refractivity contribution < 1.29 is 0 Å². The Balaban J connectivity index is 1.96. The van der Waals surface area contributed by atoms with Crippen molar-refractivity contribution in [3.63, 3.8) is 0 Å². The van der Waals surface area contributed by atoms with E-state index in [4.69, 9.17) is 5.73 Å². The minimum Gasteiger partial charge on any atom is -0.327 e. The van der Waals surface area contributed by atoms with E-state index in [1.807, 2.05) is 0 Å². The molecule has 0 fully saturated rings. The van der Waals surface area contributed by atoms with E-state index in [-0.39, 0.29) is 6.04 Å². The molecule has 1 heteroatoms. The molecule has 0 heterocycles. The first-order valence-corrected chi connectivity index (χ1v) is 7.15. The van der Waals surface area contributed by atoms with E-state index >= 15 is 0 Å². The van der Waals surface area contributed by atoms with Gasteiger partial charge in [0, 0.05) is 6.04 Å². The summed E-state index contributed by atoms with van der Waals surface area (Å²) in [6, 6.07) is 21.5. The second kappa shape index (κ2) is 7.10. The van der Waals surface area contributed by atoms with Crippen molar-refractivity contribution in [2.75, 3.05) is 0 Å². The van der Waals surface area contributed by atoms with Gasteiger partial charge in [-0.05, 0) is 36.3 Å². The van der Waals surface area contributed by atoms with Crippen molar-refractivity contribution in [2.45, 2.75) is 38.1 Å². The lowest BCUT2D eigenvalue weighted by atomic mass is 9.86. The van der Waals surface area contributed by atoms with Crippen molar-refractivity contribution in [1.82, 2.24) is 0 Å². The molecule has 0 spiro atoms. The predicted molar refractivity (Wildman–Crippen MR) is 82.2 cm³/mol. The Kier molecular flexibility index (Phi) is 5.17. The van der Waals surface area contributed by atoms with Crippen LogP contribution in [-0.4, -0.2) is 6.04 Å². The summed E-state index contributed by atoms with van der Waals surface area (Å²) >= 11 is 0. The van der Waals surface area contributed by atoms with Crippen LogP contribution in [0.3, 0.4) is 0 Å². The van der Waals surface area contributed by atoms with Gasteiger partial charge in [-0.25, -0.2) is 0 Å². The molecule has 0 aliphatic heterocycles. The second-order valence-electron chi connectivity index (χ2n) is 5.11. The van der Waals surface area contributed by atoms with Gasteiger partial charge in [0.25, 0.3) is 0 Å². The molecule has 1 nitrogen and oxygen atoms in total. The average molecular weight is 253 g/mol. The SMILES string of the molecule is CC[C@@H](c1ccccc1)[C@H](N)CCc1ccccc1. The molecule has 0 bridgehead atoms. The molecule has 0 amide bonds. The van der Waals surface area contributed by atoms with Gasteiger partial charge in [0.2, 0.25) is 0 Å². The quantitative estimate of drug-likeness (QED) is 0.822. The van der Waals surface area contributed by atoms with Gasteiger partial charge >= 0.3 is 0 Å². The number of hydrogen-bond donors (Lipinski definition) is 1. The van der Waals surface area contributed by atoms with Crippen LogP contribution in [0.4, 0.5) is 0 Å².